The van der Waals surface area contributed by atoms with Crippen LogP contribution in [0.1, 0.15) is 46.0 Å². The number of benzene rings is 2. The topological polar surface area (TPSA) is 52.6 Å². The second-order valence-corrected chi connectivity index (χ2v) is 6.21. The molecule has 0 aliphatic rings. The quantitative estimate of drug-likeness (QED) is 0.578. The summed E-state index contributed by atoms with van der Waals surface area (Å²) in [5.41, 5.74) is 1.53. The first-order chi connectivity index (χ1) is 10.9. The predicted octanol–water partition coefficient (Wildman–Crippen LogP) is 4.58. The van der Waals surface area contributed by atoms with Gasteiger partial charge >= 0.3 is 11.9 Å². The number of rotatable bonds is 4. The minimum atomic E-state index is -0.514. The Morgan fingerprint density at radius 1 is 1.00 bits per heavy atom. The van der Waals surface area contributed by atoms with Gasteiger partial charge in [-0.05, 0) is 47.9 Å². The molecule has 2 aromatic carbocycles. The number of esters is 2. The van der Waals surface area contributed by atoms with Crippen molar-refractivity contribution >= 4 is 27.9 Å². The molecule has 0 heterocycles. The summed E-state index contributed by atoms with van der Waals surface area (Å²) in [6.07, 6.45) is 0. The van der Waals surface area contributed by atoms with E-state index >= 15 is 0 Å². The molecular weight excluding hydrogens is 360 g/mol. The summed E-state index contributed by atoms with van der Waals surface area (Å²) in [5, 5.41) is 0. The van der Waals surface area contributed by atoms with Gasteiger partial charge in [-0.15, -0.1) is 0 Å². The first-order valence-electron chi connectivity index (χ1n) is 7.12. The molecule has 0 amide bonds. The van der Waals surface area contributed by atoms with Crippen molar-refractivity contribution in [3.63, 3.8) is 0 Å². The third-order valence-electron chi connectivity index (χ3n) is 3.32. The zero-order valence-electron chi connectivity index (χ0n) is 13.1. The Labute approximate surface area is 143 Å². The lowest BCUT2D eigenvalue weighted by Crippen LogP contribution is -2.11. The van der Waals surface area contributed by atoms with Crippen LogP contribution in [-0.2, 0) is 4.74 Å². The van der Waals surface area contributed by atoms with Crippen LogP contribution >= 0.6 is 15.9 Å². The summed E-state index contributed by atoms with van der Waals surface area (Å²) in [5.74, 6) is -0.292. The van der Waals surface area contributed by atoms with Gasteiger partial charge in [-0.2, -0.15) is 0 Å². The summed E-state index contributed by atoms with van der Waals surface area (Å²) >= 11 is 3.42. The van der Waals surface area contributed by atoms with E-state index in [4.69, 9.17) is 4.74 Å². The van der Waals surface area contributed by atoms with Crippen molar-refractivity contribution in [3.8, 4) is 5.75 Å². The zero-order valence-corrected chi connectivity index (χ0v) is 14.7. The maximum absolute atomic E-state index is 12.4. The van der Waals surface area contributed by atoms with Crippen LogP contribution in [0.2, 0.25) is 0 Å². The first-order valence-corrected chi connectivity index (χ1v) is 7.91. The Morgan fingerprint density at radius 2 is 1.65 bits per heavy atom. The highest BCUT2D eigenvalue weighted by Crippen LogP contribution is 2.30. The number of halogens is 1. The molecule has 0 spiro atoms. The Hall–Kier alpha value is -2.14. The molecule has 23 heavy (non-hydrogen) atoms. The summed E-state index contributed by atoms with van der Waals surface area (Å²) < 4.78 is 11.1. The number of hydrogen-bond acceptors (Lipinski definition) is 4. The third-order valence-corrected chi connectivity index (χ3v) is 3.81. The highest BCUT2D eigenvalue weighted by molar-refractivity contribution is 9.10. The highest BCUT2D eigenvalue weighted by Gasteiger charge is 2.16. The van der Waals surface area contributed by atoms with Crippen molar-refractivity contribution in [2.75, 3.05) is 7.11 Å². The second kappa shape index (κ2) is 7.42. The van der Waals surface area contributed by atoms with Crippen LogP contribution < -0.4 is 4.74 Å². The standard InChI is InChI=1S/C18H17BrO4/c1-11(2)15-10-14(19)7-8-16(15)23-18(21)13-6-4-5-12(9-13)17(20)22-3/h4-11H,1-3H3. The van der Waals surface area contributed by atoms with E-state index in [1.54, 1.807) is 24.3 Å². The fourth-order valence-electron chi connectivity index (χ4n) is 2.11. The Morgan fingerprint density at radius 3 is 2.26 bits per heavy atom. The Bertz CT molecular complexity index is 738. The molecule has 2 rings (SSSR count). The molecule has 0 bridgehead atoms. The zero-order chi connectivity index (χ0) is 17.0. The van der Waals surface area contributed by atoms with Gasteiger partial charge in [0, 0.05) is 4.47 Å². The Balaban J connectivity index is 2.28. The summed E-state index contributed by atoms with van der Waals surface area (Å²) in [4.78, 5) is 23.9. The smallest absolute Gasteiger partial charge is 0.343 e. The van der Waals surface area contributed by atoms with E-state index in [1.165, 1.54) is 13.2 Å². The molecule has 2 aromatic rings. The lowest BCUT2D eigenvalue weighted by molar-refractivity contribution is 0.0600. The largest absolute Gasteiger partial charge is 0.465 e. The average Bonchev–Trinajstić information content (AvgIpc) is 2.55. The lowest BCUT2D eigenvalue weighted by atomic mass is 10.0. The minimum Gasteiger partial charge on any atom is -0.465 e. The monoisotopic (exact) mass is 376 g/mol. The fraction of sp³-hybridized carbons (Fsp3) is 0.222. The fourth-order valence-corrected chi connectivity index (χ4v) is 2.49. The molecule has 0 saturated heterocycles. The third kappa shape index (κ3) is 4.20. The van der Waals surface area contributed by atoms with E-state index in [0.29, 0.717) is 16.9 Å². The minimum absolute atomic E-state index is 0.205. The number of methoxy groups -OCH3 is 1. The van der Waals surface area contributed by atoms with Crippen LogP contribution in [0.3, 0.4) is 0 Å². The number of ether oxygens (including phenoxy) is 2. The molecule has 0 unspecified atom stereocenters. The van der Waals surface area contributed by atoms with Gasteiger partial charge in [0.25, 0.3) is 0 Å². The van der Waals surface area contributed by atoms with Gasteiger partial charge in [-0.25, -0.2) is 9.59 Å². The van der Waals surface area contributed by atoms with Crippen LogP contribution in [0.15, 0.2) is 46.9 Å². The van der Waals surface area contributed by atoms with Crippen LogP contribution in [0.5, 0.6) is 5.75 Å². The molecule has 0 radical (unpaired) electrons. The number of carbonyl (C=O) groups excluding carboxylic acids is 2. The van der Waals surface area contributed by atoms with Crippen molar-refractivity contribution in [1.82, 2.24) is 0 Å². The van der Waals surface area contributed by atoms with Crippen molar-refractivity contribution in [3.05, 3.63) is 63.6 Å². The second-order valence-electron chi connectivity index (χ2n) is 5.30. The maximum atomic E-state index is 12.4. The number of hydrogen-bond donors (Lipinski definition) is 0. The molecule has 0 fully saturated rings. The molecule has 120 valence electrons. The average molecular weight is 377 g/mol. The molecule has 4 nitrogen and oxygen atoms in total. The molecule has 0 saturated carbocycles. The molecule has 0 aliphatic heterocycles. The van der Waals surface area contributed by atoms with Gasteiger partial charge in [0.15, 0.2) is 0 Å². The number of carbonyl (C=O) groups is 2. The molecule has 5 heteroatoms. The van der Waals surface area contributed by atoms with E-state index in [9.17, 15) is 9.59 Å². The van der Waals surface area contributed by atoms with E-state index in [1.807, 2.05) is 26.0 Å². The van der Waals surface area contributed by atoms with Crippen molar-refractivity contribution in [2.45, 2.75) is 19.8 Å². The molecule has 0 atom stereocenters. The van der Waals surface area contributed by atoms with Gasteiger partial charge < -0.3 is 9.47 Å². The predicted molar refractivity (Wildman–Crippen MR) is 91.0 cm³/mol. The van der Waals surface area contributed by atoms with Crippen molar-refractivity contribution in [1.29, 1.82) is 0 Å². The van der Waals surface area contributed by atoms with E-state index in [2.05, 4.69) is 20.7 Å². The van der Waals surface area contributed by atoms with Gasteiger partial charge in [0.05, 0.1) is 18.2 Å². The van der Waals surface area contributed by atoms with E-state index < -0.39 is 11.9 Å². The van der Waals surface area contributed by atoms with Crippen LogP contribution in [0.25, 0.3) is 0 Å². The van der Waals surface area contributed by atoms with Crippen LogP contribution in [0, 0.1) is 0 Å². The molecule has 0 aromatic heterocycles. The SMILES string of the molecule is COC(=O)c1cccc(C(=O)Oc2ccc(Br)cc2C(C)C)c1. The van der Waals surface area contributed by atoms with Gasteiger partial charge in [-0.1, -0.05) is 35.8 Å². The summed E-state index contributed by atoms with van der Waals surface area (Å²) in [6, 6.07) is 11.8. The first kappa shape index (κ1) is 17.2. The molecule has 0 N–H and O–H groups in total. The van der Waals surface area contributed by atoms with Gasteiger partial charge in [0.2, 0.25) is 0 Å². The van der Waals surface area contributed by atoms with Crippen molar-refractivity contribution in [2.24, 2.45) is 0 Å². The van der Waals surface area contributed by atoms with Gasteiger partial charge in [-0.3, -0.25) is 0 Å². The van der Waals surface area contributed by atoms with Crippen LogP contribution in [0.4, 0.5) is 0 Å². The Kier molecular flexibility index (Phi) is 5.55. The van der Waals surface area contributed by atoms with Gasteiger partial charge in [0.1, 0.15) is 5.75 Å². The normalized spacial score (nSPS) is 10.5. The lowest BCUT2D eigenvalue weighted by Gasteiger charge is -2.13. The molecule has 0 aliphatic carbocycles. The summed E-state index contributed by atoms with van der Waals surface area (Å²) in [6.45, 7) is 4.05. The summed E-state index contributed by atoms with van der Waals surface area (Å²) in [7, 11) is 1.30. The highest BCUT2D eigenvalue weighted by atomic mass is 79.9. The van der Waals surface area contributed by atoms with E-state index in [0.717, 1.165) is 10.0 Å². The van der Waals surface area contributed by atoms with Crippen LogP contribution in [-0.4, -0.2) is 19.0 Å². The maximum Gasteiger partial charge on any atom is 0.343 e. The molecular formula is C18H17BrO4. The van der Waals surface area contributed by atoms with Crippen molar-refractivity contribution < 1.29 is 19.1 Å². The van der Waals surface area contributed by atoms with E-state index in [-0.39, 0.29) is 5.92 Å².